The molecule has 0 amide bonds. The van der Waals surface area contributed by atoms with Gasteiger partial charge in [0, 0.05) is 24.7 Å². The number of carbonyl (C=O) groups is 1. The number of allylic oxidation sites excluding steroid dienone is 6. The van der Waals surface area contributed by atoms with E-state index in [-0.39, 0.29) is 12.3 Å². The molecule has 0 spiro atoms. The van der Waals surface area contributed by atoms with E-state index in [0.717, 1.165) is 71.1 Å². The zero-order valence-corrected chi connectivity index (χ0v) is 22.7. The fourth-order valence-corrected chi connectivity index (χ4v) is 4.63. The molecule has 1 aromatic heterocycles. The Morgan fingerprint density at radius 1 is 1.29 bits per heavy atom. The van der Waals surface area contributed by atoms with Crippen molar-refractivity contribution in [3.63, 3.8) is 0 Å². The summed E-state index contributed by atoms with van der Waals surface area (Å²) in [4.78, 5) is 15.5. The van der Waals surface area contributed by atoms with E-state index in [9.17, 15) is 4.39 Å². The summed E-state index contributed by atoms with van der Waals surface area (Å²) in [7, 11) is 0. The number of halogens is 1. The predicted molar refractivity (Wildman–Crippen MR) is 151 cm³/mol. The minimum absolute atomic E-state index is 0.237. The summed E-state index contributed by atoms with van der Waals surface area (Å²) in [5, 5.41) is 6.89. The highest BCUT2D eigenvalue weighted by Crippen LogP contribution is 2.33. The number of hydrogen-bond donors (Lipinski definition) is 1. The SMILES string of the molecule is C=C1C(Cc2cccc(F)c2)=NC(C2=CCCC=C2)=CN1/C(C)=C(/Cc1ccc(C)o1)C(C)CC.O=CO. The lowest BCUT2D eigenvalue weighted by atomic mass is 9.92. The van der Waals surface area contributed by atoms with E-state index >= 15 is 0 Å². The van der Waals surface area contributed by atoms with Crippen LogP contribution >= 0.6 is 0 Å². The quantitative estimate of drug-likeness (QED) is 0.362. The first-order valence-corrected chi connectivity index (χ1v) is 13.0. The second-order valence-corrected chi connectivity index (χ2v) is 9.55. The lowest BCUT2D eigenvalue weighted by molar-refractivity contribution is -0.122. The lowest BCUT2D eigenvalue weighted by Crippen LogP contribution is -2.28. The van der Waals surface area contributed by atoms with E-state index in [1.807, 2.05) is 19.1 Å². The normalized spacial score (nSPS) is 16.5. The smallest absolute Gasteiger partial charge is 0.290 e. The molecule has 1 aliphatic carbocycles. The fraction of sp³-hybridized carbons (Fsp3) is 0.312. The van der Waals surface area contributed by atoms with Crippen LogP contribution in [0.4, 0.5) is 4.39 Å². The van der Waals surface area contributed by atoms with Crippen molar-refractivity contribution in [3.8, 4) is 0 Å². The van der Waals surface area contributed by atoms with Crippen LogP contribution in [-0.4, -0.2) is 22.2 Å². The highest BCUT2D eigenvalue weighted by atomic mass is 19.1. The van der Waals surface area contributed by atoms with Gasteiger partial charge in [0.1, 0.15) is 17.3 Å². The first-order valence-electron chi connectivity index (χ1n) is 13.0. The maximum atomic E-state index is 13.9. The minimum Gasteiger partial charge on any atom is -0.483 e. The Kier molecular flexibility index (Phi) is 10.2. The van der Waals surface area contributed by atoms with E-state index in [4.69, 9.17) is 19.3 Å². The van der Waals surface area contributed by atoms with Crippen molar-refractivity contribution < 1.29 is 18.7 Å². The Hall–Kier alpha value is -3.93. The van der Waals surface area contributed by atoms with Crippen molar-refractivity contribution in [2.75, 3.05) is 0 Å². The third-order valence-electron chi connectivity index (χ3n) is 6.88. The highest BCUT2D eigenvalue weighted by molar-refractivity contribution is 6.02. The average Bonchev–Trinajstić information content (AvgIpc) is 3.33. The fourth-order valence-electron chi connectivity index (χ4n) is 4.63. The molecular formula is C32H37FN2O3. The van der Waals surface area contributed by atoms with E-state index in [2.05, 4.69) is 62.7 Å². The summed E-state index contributed by atoms with van der Waals surface area (Å²) >= 11 is 0. The van der Waals surface area contributed by atoms with Gasteiger partial charge >= 0.3 is 0 Å². The number of carboxylic acid groups (broad SMARTS) is 1. The number of aryl methyl sites for hydroxylation is 1. The van der Waals surface area contributed by atoms with Gasteiger partial charge in [0.2, 0.25) is 0 Å². The zero-order chi connectivity index (χ0) is 27.7. The molecular weight excluding hydrogens is 479 g/mol. The molecule has 2 aliphatic rings. The molecule has 1 unspecified atom stereocenters. The van der Waals surface area contributed by atoms with Gasteiger partial charge in [0.15, 0.2) is 0 Å². The Balaban J connectivity index is 0.00000127. The molecule has 0 bridgehead atoms. The van der Waals surface area contributed by atoms with E-state index in [1.54, 1.807) is 12.1 Å². The van der Waals surface area contributed by atoms with Gasteiger partial charge in [-0.05, 0) is 80.0 Å². The summed E-state index contributed by atoms with van der Waals surface area (Å²) in [6.45, 7) is 12.8. The predicted octanol–water partition coefficient (Wildman–Crippen LogP) is 7.92. The molecule has 200 valence electrons. The maximum absolute atomic E-state index is 13.9. The number of benzene rings is 1. The number of rotatable bonds is 8. The van der Waals surface area contributed by atoms with Crippen LogP contribution in [0.5, 0.6) is 0 Å². The summed E-state index contributed by atoms with van der Waals surface area (Å²) in [5.74, 6) is 2.03. The molecule has 1 aliphatic heterocycles. The van der Waals surface area contributed by atoms with Gasteiger partial charge in [0.05, 0.1) is 17.1 Å². The second kappa shape index (κ2) is 13.6. The van der Waals surface area contributed by atoms with Crippen molar-refractivity contribution in [2.24, 2.45) is 10.9 Å². The van der Waals surface area contributed by atoms with Crippen LogP contribution in [0, 0.1) is 18.7 Å². The van der Waals surface area contributed by atoms with Gasteiger partial charge in [-0.3, -0.25) is 4.79 Å². The number of hydrogen-bond acceptors (Lipinski definition) is 4. The number of nitrogens with zero attached hydrogens (tertiary/aromatic N) is 2. The Morgan fingerprint density at radius 2 is 2.05 bits per heavy atom. The third kappa shape index (κ3) is 7.31. The minimum atomic E-state index is -0.250. The average molecular weight is 517 g/mol. The van der Waals surface area contributed by atoms with E-state index in [0.29, 0.717) is 12.3 Å². The Morgan fingerprint density at radius 3 is 2.66 bits per heavy atom. The van der Waals surface area contributed by atoms with Gasteiger partial charge in [-0.2, -0.15) is 0 Å². The molecule has 1 atom stereocenters. The molecule has 4 rings (SSSR count). The van der Waals surface area contributed by atoms with Crippen LogP contribution in [0.25, 0.3) is 0 Å². The molecule has 0 radical (unpaired) electrons. The van der Waals surface area contributed by atoms with Crippen LogP contribution in [0.2, 0.25) is 0 Å². The standard InChI is InChI=1S/C31H35FN2O.CH2O2/c1-6-21(2)29(19-28-16-15-22(3)35-28)23(4)34-20-31(26-12-8-7-9-13-26)33-30(24(34)5)18-25-11-10-14-27(32)17-25;2-1-3/h8,10-17,20-21H,5-7,9,18-19H2,1-4H3;1H,(H,2,3)/b29-23-;. The highest BCUT2D eigenvalue weighted by Gasteiger charge is 2.25. The topological polar surface area (TPSA) is 66.0 Å². The second-order valence-electron chi connectivity index (χ2n) is 9.55. The summed E-state index contributed by atoms with van der Waals surface area (Å²) in [6.07, 6.45) is 13.0. The van der Waals surface area contributed by atoms with Crippen molar-refractivity contribution in [2.45, 2.75) is 59.8 Å². The largest absolute Gasteiger partial charge is 0.483 e. The molecule has 6 heteroatoms. The molecule has 1 aromatic carbocycles. The van der Waals surface area contributed by atoms with Crippen LogP contribution in [0.15, 0.2) is 105 Å². The Labute approximate surface area is 225 Å². The zero-order valence-electron chi connectivity index (χ0n) is 22.7. The van der Waals surface area contributed by atoms with Gasteiger partial charge in [0.25, 0.3) is 6.47 Å². The maximum Gasteiger partial charge on any atom is 0.290 e. The van der Waals surface area contributed by atoms with Crippen LogP contribution < -0.4 is 0 Å². The van der Waals surface area contributed by atoms with Gasteiger partial charge in [-0.25, -0.2) is 9.38 Å². The molecule has 0 fully saturated rings. The van der Waals surface area contributed by atoms with E-state index in [1.165, 1.54) is 11.6 Å². The van der Waals surface area contributed by atoms with Crippen LogP contribution in [0.1, 0.15) is 57.1 Å². The van der Waals surface area contributed by atoms with E-state index < -0.39 is 0 Å². The lowest BCUT2D eigenvalue weighted by Gasteiger charge is -2.32. The van der Waals surface area contributed by atoms with Crippen molar-refractivity contribution in [3.05, 3.63) is 119 Å². The molecule has 5 nitrogen and oxygen atoms in total. The summed E-state index contributed by atoms with van der Waals surface area (Å²) in [6, 6.07) is 10.8. The van der Waals surface area contributed by atoms with Crippen molar-refractivity contribution >= 4 is 12.2 Å². The molecule has 0 saturated carbocycles. The monoisotopic (exact) mass is 516 g/mol. The number of furan rings is 1. The molecule has 1 N–H and O–H groups in total. The van der Waals surface area contributed by atoms with Gasteiger partial charge in [-0.15, -0.1) is 0 Å². The molecule has 38 heavy (non-hydrogen) atoms. The Bertz CT molecular complexity index is 1310. The van der Waals surface area contributed by atoms with Crippen molar-refractivity contribution in [1.29, 1.82) is 0 Å². The first kappa shape index (κ1) is 28.6. The summed E-state index contributed by atoms with van der Waals surface area (Å²) in [5.41, 5.74) is 7.05. The summed E-state index contributed by atoms with van der Waals surface area (Å²) < 4.78 is 19.8. The van der Waals surface area contributed by atoms with Crippen LogP contribution in [-0.2, 0) is 17.6 Å². The molecule has 2 aromatic rings. The van der Waals surface area contributed by atoms with Gasteiger partial charge in [-0.1, -0.05) is 50.8 Å². The number of aliphatic imine (C=N–C) groups is 1. The van der Waals surface area contributed by atoms with Gasteiger partial charge < -0.3 is 14.4 Å². The van der Waals surface area contributed by atoms with Crippen LogP contribution in [0.3, 0.4) is 0 Å². The molecule has 0 saturated heterocycles. The molecule has 2 heterocycles. The first-order chi connectivity index (χ1) is 18.3. The third-order valence-corrected chi connectivity index (χ3v) is 6.88. The van der Waals surface area contributed by atoms with Crippen molar-refractivity contribution in [1.82, 2.24) is 4.90 Å².